The van der Waals surface area contributed by atoms with Crippen LogP contribution in [0.25, 0.3) is 0 Å². The summed E-state index contributed by atoms with van der Waals surface area (Å²) in [5, 5.41) is 4.36. The average molecular weight is 456 g/mol. The van der Waals surface area contributed by atoms with Gasteiger partial charge in [0.2, 0.25) is 11.8 Å². The lowest BCUT2D eigenvalue weighted by molar-refractivity contribution is -0.140. The Kier molecular flexibility index (Phi) is 7.98. The maximum Gasteiger partial charge on any atom is 0.242 e. The minimum atomic E-state index is -0.715. The topological polar surface area (TPSA) is 49.4 Å². The van der Waals surface area contributed by atoms with Crippen LogP contribution in [0, 0.1) is 0 Å². The van der Waals surface area contributed by atoms with Crippen molar-refractivity contribution in [3.8, 4) is 0 Å². The molecule has 1 unspecified atom stereocenters. The second-order valence-corrected chi connectivity index (χ2v) is 9.19. The summed E-state index contributed by atoms with van der Waals surface area (Å²) in [6, 6.07) is 11.5. The first kappa shape index (κ1) is 23.5. The highest BCUT2D eigenvalue weighted by Gasteiger charge is 2.29. The first-order valence-corrected chi connectivity index (χ1v) is 10.4. The number of rotatable bonds is 6. The van der Waals surface area contributed by atoms with Crippen molar-refractivity contribution in [1.82, 2.24) is 10.2 Å². The number of nitrogens with one attached hydrogen (secondary N) is 1. The Morgan fingerprint density at radius 1 is 1.03 bits per heavy atom. The second kappa shape index (κ2) is 9.84. The van der Waals surface area contributed by atoms with Crippen LogP contribution >= 0.6 is 34.8 Å². The number of benzene rings is 2. The van der Waals surface area contributed by atoms with Crippen molar-refractivity contribution >= 4 is 46.6 Å². The molecule has 2 aromatic carbocycles. The second-order valence-electron chi connectivity index (χ2n) is 7.94. The Balaban J connectivity index is 2.33. The molecule has 7 heteroatoms. The van der Waals surface area contributed by atoms with Crippen LogP contribution in [0.15, 0.2) is 42.5 Å². The lowest BCUT2D eigenvalue weighted by Crippen LogP contribution is -2.52. The van der Waals surface area contributed by atoms with Gasteiger partial charge in [0, 0.05) is 32.7 Å². The van der Waals surface area contributed by atoms with Gasteiger partial charge in [0.15, 0.2) is 0 Å². The molecule has 2 rings (SSSR count). The number of carbonyl (C=O) groups is 2. The van der Waals surface area contributed by atoms with Crippen molar-refractivity contribution in [3.63, 3.8) is 0 Å². The Morgan fingerprint density at radius 2 is 1.62 bits per heavy atom. The number of carbonyl (C=O) groups excluding carboxylic acids is 2. The van der Waals surface area contributed by atoms with E-state index in [1.807, 2.05) is 26.8 Å². The van der Waals surface area contributed by atoms with Crippen molar-refractivity contribution in [2.24, 2.45) is 0 Å². The van der Waals surface area contributed by atoms with Gasteiger partial charge in [-0.2, -0.15) is 0 Å². The fourth-order valence-electron chi connectivity index (χ4n) is 2.83. The predicted octanol–water partition coefficient (Wildman–Crippen LogP) is 5.52. The van der Waals surface area contributed by atoms with Gasteiger partial charge in [-0.25, -0.2) is 0 Å². The van der Waals surface area contributed by atoms with Crippen LogP contribution in [0.5, 0.6) is 0 Å². The monoisotopic (exact) mass is 454 g/mol. The molecular weight excluding hydrogens is 431 g/mol. The molecule has 0 heterocycles. The van der Waals surface area contributed by atoms with Crippen LogP contribution in [0.2, 0.25) is 15.1 Å². The smallest absolute Gasteiger partial charge is 0.242 e. The number of halogens is 3. The highest BCUT2D eigenvalue weighted by molar-refractivity contribution is 6.36. The van der Waals surface area contributed by atoms with Gasteiger partial charge in [0.1, 0.15) is 6.04 Å². The molecule has 4 nitrogen and oxygen atoms in total. The molecule has 156 valence electrons. The van der Waals surface area contributed by atoms with Gasteiger partial charge in [-0.3, -0.25) is 9.59 Å². The van der Waals surface area contributed by atoms with E-state index in [4.69, 9.17) is 34.8 Å². The lowest BCUT2D eigenvalue weighted by Gasteiger charge is -2.32. The minimum Gasteiger partial charge on any atom is -0.350 e. The summed E-state index contributed by atoms with van der Waals surface area (Å²) in [7, 11) is 0. The van der Waals surface area contributed by atoms with Gasteiger partial charge in [0.25, 0.3) is 0 Å². The standard InChI is InChI=1S/C22H25Cl3N2O2/c1-14(21(29)26-22(2,3)4)27(13-17-18(24)9-6-10-19(17)25)20(28)12-15-7-5-8-16(23)11-15/h5-11,14H,12-13H2,1-4H3,(H,26,29). The van der Waals surface area contributed by atoms with E-state index in [-0.39, 0.29) is 24.8 Å². The fraction of sp³-hybridized carbons (Fsp3) is 0.364. The molecule has 1 N–H and O–H groups in total. The zero-order valence-corrected chi connectivity index (χ0v) is 19.2. The summed E-state index contributed by atoms with van der Waals surface area (Å²) >= 11 is 18.7. The van der Waals surface area contributed by atoms with Gasteiger partial charge < -0.3 is 10.2 Å². The summed E-state index contributed by atoms with van der Waals surface area (Å²) < 4.78 is 0. The average Bonchev–Trinajstić information content (AvgIpc) is 2.59. The van der Waals surface area contributed by atoms with Crippen LogP contribution < -0.4 is 5.32 Å². The first-order valence-electron chi connectivity index (χ1n) is 9.27. The summed E-state index contributed by atoms with van der Waals surface area (Å²) in [5.74, 6) is -0.472. The number of hydrogen-bond acceptors (Lipinski definition) is 2. The summed E-state index contributed by atoms with van der Waals surface area (Å²) in [6.45, 7) is 7.49. The van der Waals surface area contributed by atoms with Crippen LogP contribution in [-0.2, 0) is 22.6 Å². The minimum absolute atomic E-state index is 0.107. The molecule has 29 heavy (non-hydrogen) atoms. The molecule has 2 amide bonds. The fourth-order valence-corrected chi connectivity index (χ4v) is 3.56. The van der Waals surface area contributed by atoms with Gasteiger partial charge in [-0.1, -0.05) is 53.0 Å². The van der Waals surface area contributed by atoms with Crippen LogP contribution in [0.1, 0.15) is 38.8 Å². The van der Waals surface area contributed by atoms with Gasteiger partial charge in [0.05, 0.1) is 6.42 Å². The van der Waals surface area contributed by atoms with Crippen molar-refractivity contribution in [1.29, 1.82) is 0 Å². The zero-order valence-electron chi connectivity index (χ0n) is 16.9. The normalized spacial score (nSPS) is 12.4. The highest BCUT2D eigenvalue weighted by atomic mass is 35.5. The van der Waals surface area contributed by atoms with Crippen LogP contribution in [-0.4, -0.2) is 28.3 Å². The third-order valence-electron chi connectivity index (χ3n) is 4.30. The number of hydrogen-bond donors (Lipinski definition) is 1. The maximum absolute atomic E-state index is 13.2. The molecule has 2 aromatic rings. The van der Waals surface area contributed by atoms with Gasteiger partial charge in [-0.05, 0) is 57.5 Å². The predicted molar refractivity (Wildman–Crippen MR) is 120 cm³/mol. The summed E-state index contributed by atoms with van der Waals surface area (Å²) in [5.41, 5.74) is 0.946. The van der Waals surface area contributed by atoms with Crippen molar-refractivity contribution in [2.45, 2.75) is 52.2 Å². The molecule has 0 aliphatic carbocycles. The van der Waals surface area contributed by atoms with Gasteiger partial charge >= 0.3 is 0 Å². The third-order valence-corrected chi connectivity index (χ3v) is 5.24. The van der Waals surface area contributed by atoms with E-state index in [0.717, 1.165) is 5.56 Å². The number of nitrogens with zero attached hydrogens (tertiary/aromatic N) is 1. The Labute approximate surface area is 187 Å². The van der Waals surface area contributed by atoms with Crippen molar-refractivity contribution in [3.05, 3.63) is 68.7 Å². The van der Waals surface area contributed by atoms with E-state index in [2.05, 4.69) is 5.32 Å². The first-order chi connectivity index (χ1) is 13.5. The summed E-state index contributed by atoms with van der Waals surface area (Å²) in [4.78, 5) is 27.5. The Morgan fingerprint density at radius 3 is 2.17 bits per heavy atom. The van der Waals surface area contributed by atoms with Crippen LogP contribution in [0.4, 0.5) is 0 Å². The lowest BCUT2D eigenvalue weighted by atomic mass is 10.1. The van der Waals surface area contributed by atoms with E-state index < -0.39 is 11.6 Å². The molecule has 0 fully saturated rings. The van der Waals surface area contributed by atoms with Crippen molar-refractivity contribution in [2.75, 3.05) is 0 Å². The molecule has 0 aliphatic heterocycles. The molecule has 0 saturated carbocycles. The zero-order chi connectivity index (χ0) is 21.8. The highest BCUT2D eigenvalue weighted by Crippen LogP contribution is 2.27. The van der Waals surface area contributed by atoms with E-state index in [1.54, 1.807) is 43.3 Å². The SMILES string of the molecule is CC(C(=O)NC(C)(C)C)N(Cc1c(Cl)cccc1Cl)C(=O)Cc1cccc(Cl)c1. The molecule has 0 aromatic heterocycles. The Hall–Kier alpha value is -1.75. The molecule has 0 radical (unpaired) electrons. The van der Waals surface area contributed by atoms with Crippen molar-refractivity contribution < 1.29 is 9.59 Å². The third kappa shape index (κ3) is 6.91. The molecule has 0 spiro atoms. The Bertz CT molecular complexity index is 874. The molecule has 1 atom stereocenters. The van der Waals surface area contributed by atoms with E-state index in [0.29, 0.717) is 20.6 Å². The quantitative estimate of drug-likeness (QED) is 0.623. The van der Waals surface area contributed by atoms with E-state index in [1.165, 1.54) is 4.90 Å². The van der Waals surface area contributed by atoms with Gasteiger partial charge in [-0.15, -0.1) is 0 Å². The molecule has 0 saturated heterocycles. The van der Waals surface area contributed by atoms with Crippen LogP contribution in [0.3, 0.4) is 0 Å². The molecular formula is C22H25Cl3N2O2. The number of amides is 2. The maximum atomic E-state index is 13.2. The molecule has 0 bridgehead atoms. The summed E-state index contributed by atoms with van der Waals surface area (Å²) in [6.07, 6.45) is 0.107. The molecule has 0 aliphatic rings. The van der Waals surface area contributed by atoms with E-state index in [9.17, 15) is 9.59 Å². The van der Waals surface area contributed by atoms with E-state index >= 15 is 0 Å². The largest absolute Gasteiger partial charge is 0.350 e.